The molecule has 1 aliphatic rings. The van der Waals surface area contributed by atoms with Gasteiger partial charge in [-0.1, -0.05) is 71.9 Å². The quantitative estimate of drug-likeness (QED) is 0.458. The number of aromatic nitrogens is 4. The van der Waals surface area contributed by atoms with Gasteiger partial charge in [0.1, 0.15) is 0 Å². The molecule has 2 aromatic heterocycles. The van der Waals surface area contributed by atoms with E-state index < -0.39 is 0 Å². The molecular formula is C25H21N5O. The van der Waals surface area contributed by atoms with Crippen LogP contribution < -0.4 is 0 Å². The number of hydrogen-bond donors (Lipinski definition) is 1. The Labute approximate surface area is 179 Å². The number of nitrogens with zero attached hydrogens (tertiary/aromatic N) is 4. The van der Waals surface area contributed by atoms with Gasteiger partial charge in [0.25, 0.3) is 0 Å². The third kappa shape index (κ3) is 3.41. The van der Waals surface area contributed by atoms with Crippen LogP contribution in [0, 0.1) is 0 Å². The summed E-state index contributed by atoms with van der Waals surface area (Å²) in [4.78, 5) is 14.9. The van der Waals surface area contributed by atoms with Crippen molar-refractivity contribution in [3.63, 3.8) is 0 Å². The maximum Gasteiger partial charge on any atom is 0.244 e. The van der Waals surface area contributed by atoms with Gasteiger partial charge in [-0.25, -0.2) is 4.98 Å². The molecule has 152 valence electrons. The fourth-order valence-electron chi connectivity index (χ4n) is 4.33. The molecule has 1 atom stereocenters. The fraction of sp³-hybridized carbons (Fsp3) is 0.160. The van der Waals surface area contributed by atoms with Crippen LogP contribution in [-0.2, 0) is 19.5 Å². The highest BCUT2D eigenvalue weighted by Crippen LogP contribution is 2.33. The van der Waals surface area contributed by atoms with E-state index >= 15 is 0 Å². The van der Waals surface area contributed by atoms with E-state index in [1.807, 2.05) is 24.3 Å². The summed E-state index contributed by atoms with van der Waals surface area (Å²) in [7, 11) is 0. The Balaban J connectivity index is 1.34. The van der Waals surface area contributed by atoms with E-state index in [1.54, 1.807) is 6.33 Å². The van der Waals surface area contributed by atoms with Gasteiger partial charge in [0.05, 0.1) is 23.8 Å². The Kier molecular flexibility index (Phi) is 4.35. The van der Waals surface area contributed by atoms with Crippen LogP contribution >= 0.6 is 0 Å². The Hall–Kier alpha value is -3.77. The van der Waals surface area contributed by atoms with E-state index in [1.165, 1.54) is 10.9 Å². The molecule has 0 saturated heterocycles. The van der Waals surface area contributed by atoms with E-state index in [0.717, 1.165) is 41.8 Å². The molecule has 0 spiro atoms. The average molecular weight is 407 g/mol. The summed E-state index contributed by atoms with van der Waals surface area (Å²) in [5.74, 6) is 1.25. The van der Waals surface area contributed by atoms with Gasteiger partial charge in [-0.2, -0.15) is 4.98 Å². The van der Waals surface area contributed by atoms with Gasteiger partial charge in [-0.05, 0) is 22.4 Å². The van der Waals surface area contributed by atoms with Crippen molar-refractivity contribution in [3.05, 3.63) is 102 Å². The van der Waals surface area contributed by atoms with Crippen LogP contribution in [0.3, 0.4) is 0 Å². The van der Waals surface area contributed by atoms with E-state index in [-0.39, 0.29) is 6.04 Å². The molecule has 0 aliphatic carbocycles. The van der Waals surface area contributed by atoms with Crippen LogP contribution in [0.4, 0.5) is 0 Å². The summed E-state index contributed by atoms with van der Waals surface area (Å²) in [5, 5.41) is 6.67. The van der Waals surface area contributed by atoms with Crippen molar-refractivity contribution in [2.24, 2.45) is 0 Å². The normalized spacial score (nSPS) is 16.5. The van der Waals surface area contributed by atoms with E-state index in [2.05, 4.69) is 68.6 Å². The smallest absolute Gasteiger partial charge is 0.244 e. The van der Waals surface area contributed by atoms with Crippen molar-refractivity contribution < 1.29 is 4.52 Å². The topological polar surface area (TPSA) is 70.8 Å². The van der Waals surface area contributed by atoms with Gasteiger partial charge >= 0.3 is 0 Å². The number of H-pyrrole nitrogens is 1. The van der Waals surface area contributed by atoms with Crippen LogP contribution in [0.5, 0.6) is 0 Å². The van der Waals surface area contributed by atoms with E-state index in [0.29, 0.717) is 11.7 Å². The van der Waals surface area contributed by atoms with Gasteiger partial charge in [-0.3, -0.25) is 4.90 Å². The molecular weight excluding hydrogens is 386 g/mol. The Morgan fingerprint density at radius 2 is 1.81 bits per heavy atom. The number of imidazole rings is 1. The largest absolute Gasteiger partial charge is 0.347 e. The van der Waals surface area contributed by atoms with Crippen LogP contribution in [0.15, 0.2) is 83.6 Å². The van der Waals surface area contributed by atoms with Crippen LogP contribution in [0.2, 0.25) is 0 Å². The number of aromatic amines is 1. The summed E-state index contributed by atoms with van der Waals surface area (Å²) in [5.41, 5.74) is 4.44. The molecule has 3 heterocycles. The highest BCUT2D eigenvalue weighted by molar-refractivity contribution is 5.86. The molecule has 3 aromatic carbocycles. The van der Waals surface area contributed by atoms with Crippen LogP contribution in [0.1, 0.15) is 28.9 Å². The minimum absolute atomic E-state index is 0.0160. The molecule has 1 aliphatic heterocycles. The van der Waals surface area contributed by atoms with Gasteiger partial charge < -0.3 is 9.51 Å². The third-order valence-corrected chi connectivity index (χ3v) is 5.96. The standard InChI is InChI=1S/C25H21N5O/c1-2-6-17(7-3-1)14-30-15-22-21(26-16-27-22)13-23(30)25-28-24(29-31-25)20-11-10-18-8-4-5-9-19(18)12-20/h1-12,16,23H,13-15H2,(H,26,27)/t23-/m0/s1. The predicted molar refractivity (Wildman–Crippen MR) is 118 cm³/mol. The van der Waals surface area contributed by atoms with Gasteiger partial charge in [0.15, 0.2) is 0 Å². The monoisotopic (exact) mass is 407 g/mol. The number of nitrogens with one attached hydrogen (secondary N) is 1. The summed E-state index contributed by atoms with van der Waals surface area (Å²) in [6.07, 6.45) is 2.51. The molecule has 0 radical (unpaired) electrons. The first kappa shape index (κ1) is 18.0. The molecule has 6 rings (SSSR count). The molecule has 0 bridgehead atoms. The lowest BCUT2D eigenvalue weighted by molar-refractivity contribution is 0.128. The van der Waals surface area contributed by atoms with Crippen molar-refractivity contribution in [3.8, 4) is 11.4 Å². The average Bonchev–Trinajstić information content (AvgIpc) is 3.48. The predicted octanol–water partition coefficient (Wildman–Crippen LogP) is 4.91. The zero-order chi connectivity index (χ0) is 20.6. The highest BCUT2D eigenvalue weighted by atomic mass is 16.5. The Morgan fingerprint density at radius 1 is 0.968 bits per heavy atom. The highest BCUT2D eigenvalue weighted by Gasteiger charge is 2.33. The van der Waals surface area contributed by atoms with Crippen molar-refractivity contribution in [2.45, 2.75) is 25.6 Å². The number of hydrogen-bond acceptors (Lipinski definition) is 5. The second-order valence-electron chi connectivity index (χ2n) is 7.96. The molecule has 6 nitrogen and oxygen atoms in total. The molecule has 1 N–H and O–H groups in total. The van der Waals surface area contributed by atoms with E-state index in [4.69, 9.17) is 9.51 Å². The zero-order valence-corrected chi connectivity index (χ0v) is 16.9. The molecule has 5 aromatic rings. The third-order valence-electron chi connectivity index (χ3n) is 5.96. The summed E-state index contributed by atoms with van der Waals surface area (Å²) >= 11 is 0. The summed E-state index contributed by atoms with van der Waals surface area (Å²) in [6.45, 7) is 1.57. The van der Waals surface area contributed by atoms with Gasteiger partial charge in [-0.15, -0.1) is 0 Å². The Bertz CT molecular complexity index is 1340. The number of fused-ring (bicyclic) bond motifs is 2. The van der Waals surface area contributed by atoms with Crippen molar-refractivity contribution in [1.29, 1.82) is 0 Å². The summed E-state index contributed by atoms with van der Waals surface area (Å²) < 4.78 is 5.79. The zero-order valence-electron chi connectivity index (χ0n) is 16.9. The second-order valence-corrected chi connectivity index (χ2v) is 7.96. The van der Waals surface area contributed by atoms with Crippen LogP contribution in [-0.4, -0.2) is 25.0 Å². The molecule has 0 unspecified atom stereocenters. The SMILES string of the molecule is c1ccc(CN2Cc3[nH]cnc3C[C@H]2c2nc(-c3ccc4ccccc4c3)no2)cc1. The fourth-order valence-corrected chi connectivity index (χ4v) is 4.33. The Morgan fingerprint density at radius 3 is 2.71 bits per heavy atom. The lowest BCUT2D eigenvalue weighted by Crippen LogP contribution is -2.34. The molecule has 0 saturated carbocycles. The van der Waals surface area contributed by atoms with Gasteiger partial charge in [0, 0.05) is 25.1 Å². The van der Waals surface area contributed by atoms with E-state index in [9.17, 15) is 0 Å². The van der Waals surface area contributed by atoms with Crippen molar-refractivity contribution in [1.82, 2.24) is 25.0 Å². The maximum absolute atomic E-state index is 5.79. The van der Waals surface area contributed by atoms with Crippen LogP contribution in [0.25, 0.3) is 22.2 Å². The molecule has 6 heteroatoms. The lowest BCUT2D eigenvalue weighted by atomic mass is 10.0. The number of benzene rings is 3. The molecule has 31 heavy (non-hydrogen) atoms. The molecule has 0 amide bonds. The first-order valence-electron chi connectivity index (χ1n) is 10.5. The first-order valence-corrected chi connectivity index (χ1v) is 10.5. The molecule has 0 fully saturated rings. The minimum atomic E-state index is -0.0160. The van der Waals surface area contributed by atoms with Crippen molar-refractivity contribution in [2.75, 3.05) is 0 Å². The maximum atomic E-state index is 5.79. The lowest BCUT2D eigenvalue weighted by Gasteiger charge is -2.32. The minimum Gasteiger partial charge on any atom is -0.347 e. The number of rotatable bonds is 4. The van der Waals surface area contributed by atoms with Crippen molar-refractivity contribution >= 4 is 10.8 Å². The van der Waals surface area contributed by atoms with Gasteiger partial charge in [0.2, 0.25) is 11.7 Å². The first-order chi connectivity index (χ1) is 15.3. The second kappa shape index (κ2) is 7.49. The summed E-state index contributed by atoms with van der Waals surface area (Å²) in [6, 6.07) is 25.0.